The van der Waals surface area contributed by atoms with Crippen LogP contribution in [0.5, 0.6) is 0 Å². The number of nitrogens with one attached hydrogen (secondary N) is 1. The second-order valence-corrected chi connectivity index (χ2v) is 3.91. The summed E-state index contributed by atoms with van der Waals surface area (Å²) in [7, 11) is 4.19. The van der Waals surface area contributed by atoms with Gasteiger partial charge in [-0.25, -0.2) is 4.98 Å². The van der Waals surface area contributed by atoms with Gasteiger partial charge in [-0.15, -0.1) is 0 Å². The lowest BCUT2D eigenvalue weighted by molar-refractivity contribution is 0.396. The highest BCUT2D eigenvalue weighted by Gasteiger charge is 1.94. The lowest BCUT2D eigenvalue weighted by Crippen LogP contribution is -2.14. The number of nitrogens with two attached hydrogens (primary N) is 1. The first kappa shape index (κ1) is 11.8. The number of pyridine rings is 1. The van der Waals surface area contributed by atoms with Crippen LogP contribution < -0.4 is 11.1 Å². The van der Waals surface area contributed by atoms with E-state index in [0.29, 0.717) is 5.82 Å². The van der Waals surface area contributed by atoms with E-state index in [1.54, 1.807) is 6.20 Å². The molecule has 0 saturated heterocycles. The largest absolute Gasteiger partial charge is 0.385 e. The van der Waals surface area contributed by atoms with Crippen LogP contribution in [-0.4, -0.2) is 37.1 Å². The Morgan fingerprint density at radius 1 is 1.40 bits per heavy atom. The van der Waals surface area contributed by atoms with Crippen molar-refractivity contribution in [1.82, 2.24) is 9.88 Å². The van der Waals surface area contributed by atoms with Gasteiger partial charge < -0.3 is 16.0 Å². The molecule has 4 heteroatoms. The Balaban J connectivity index is 2.15. The molecule has 1 aromatic rings. The van der Waals surface area contributed by atoms with Gasteiger partial charge in [0, 0.05) is 24.5 Å². The number of nitrogens with zero attached hydrogens (tertiary/aromatic N) is 2. The van der Waals surface area contributed by atoms with Crippen LogP contribution >= 0.6 is 0 Å². The average Bonchev–Trinajstić information content (AvgIpc) is 2.17. The van der Waals surface area contributed by atoms with E-state index in [-0.39, 0.29) is 0 Å². The van der Waals surface area contributed by atoms with Gasteiger partial charge in [0.25, 0.3) is 0 Å². The van der Waals surface area contributed by atoms with Crippen LogP contribution in [0.4, 0.5) is 11.5 Å². The van der Waals surface area contributed by atoms with Gasteiger partial charge in [0.2, 0.25) is 0 Å². The topological polar surface area (TPSA) is 54.2 Å². The number of unbranched alkanes of at least 4 members (excludes halogenated alkanes) is 1. The second kappa shape index (κ2) is 6.24. The number of aromatic nitrogens is 1. The summed E-state index contributed by atoms with van der Waals surface area (Å²) in [6.45, 7) is 2.12. The van der Waals surface area contributed by atoms with Crippen molar-refractivity contribution in [3.05, 3.63) is 18.3 Å². The highest BCUT2D eigenvalue weighted by atomic mass is 15.0. The van der Waals surface area contributed by atoms with Gasteiger partial charge in [0.15, 0.2) is 0 Å². The maximum Gasteiger partial charge on any atom is 0.125 e. The van der Waals surface area contributed by atoms with Crippen molar-refractivity contribution in [2.75, 3.05) is 38.2 Å². The van der Waals surface area contributed by atoms with E-state index in [0.717, 1.165) is 18.8 Å². The first-order valence-electron chi connectivity index (χ1n) is 5.28. The summed E-state index contributed by atoms with van der Waals surface area (Å²) in [6, 6.07) is 3.79. The third-order valence-electron chi connectivity index (χ3n) is 2.14. The minimum atomic E-state index is 0.563. The summed E-state index contributed by atoms with van der Waals surface area (Å²) in [5.41, 5.74) is 6.62. The molecule has 0 aromatic carbocycles. The number of hydrogen-bond acceptors (Lipinski definition) is 4. The van der Waals surface area contributed by atoms with Gasteiger partial charge >= 0.3 is 0 Å². The molecule has 1 aromatic heterocycles. The van der Waals surface area contributed by atoms with Crippen molar-refractivity contribution in [1.29, 1.82) is 0 Å². The van der Waals surface area contributed by atoms with Crippen molar-refractivity contribution in [3.8, 4) is 0 Å². The Labute approximate surface area is 91.5 Å². The van der Waals surface area contributed by atoms with Crippen LogP contribution in [0.15, 0.2) is 18.3 Å². The molecule has 0 amide bonds. The molecule has 0 atom stereocenters. The van der Waals surface area contributed by atoms with Gasteiger partial charge in [-0.3, -0.25) is 0 Å². The zero-order valence-corrected chi connectivity index (χ0v) is 9.53. The van der Waals surface area contributed by atoms with Crippen molar-refractivity contribution < 1.29 is 0 Å². The summed E-state index contributed by atoms with van der Waals surface area (Å²) in [5, 5.41) is 3.32. The molecule has 1 rings (SSSR count). The molecular formula is C11H20N4. The zero-order chi connectivity index (χ0) is 11.1. The first-order valence-corrected chi connectivity index (χ1v) is 5.28. The van der Waals surface area contributed by atoms with Crippen LogP contribution in [0, 0.1) is 0 Å². The minimum absolute atomic E-state index is 0.563. The van der Waals surface area contributed by atoms with E-state index < -0.39 is 0 Å². The predicted octanol–water partition coefficient (Wildman–Crippen LogP) is 1.42. The molecule has 0 fully saturated rings. The molecular weight excluding hydrogens is 188 g/mol. The van der Waals surface area contributed by atoms with Crippen LogP contribution in [0.3, 0.4) is 0 Å². The third-order valence-corrected chi connectivity index (χ3v) is 2.14. The highest BCUT2D eigenvalue weighted by molar-refractivity contribution is 5.49. The fourth-order valence-corrected chi connectivity index (χ4v) is 1.34. The van der Waals surface area contributed by atoms with Crippen molar-refractivity contribution >= 4 is 11.5 Å². The molecule has 0 spiro atoms. The molecule has 15 heavy (non-hydrogen) atoms. The van der Waals surface area contributed by atoms with Gasteiger partial charge in [-0.1, -0.05) is 0 Å². The van der Waals surface area contributed by atoms with Crippen LogP contribution in [-0.2, 0) is 0 Å². The average molecular weight is 208 g/mol. The molecule has 0 aliphatic heterocycles. The Morgan fingerprint density at radius 3 is 2.87 bits per heavy atom. The summed E-state index contributed by atoms with van der Waals surface area (Å²) in [4.78, 5) is 6.14. The van der Waals surface area contributed by atoms with Gasteiger partial charge in [-0.05, 0) is 39.5 Å². The Hall–Kier alpha value is -1.29. The van der Waals surface area contributed by atoms with Crippen molar-refractivity contribution in [3.63, 3.8) is 0 Å². The standard InChI is InChI=1S/C11H20N4/c1-15(2)8-4-3-6-13-10-5-7-14-11(12)9-10/h5,7,9H,3-4,6,8H2,1-2H3,(H3,12,13,14). The predicted molar refractivity (Wildman–Crippen MR) is 64.9 cm³/mol. The van der Waals surface area contributed by atoms with Crippen LogP contribution in [0.25, 0.3) is 0 Å². The Morgan fingerprint density at radius 2 is 2.20 bits per heavy atom. The number of anilines is 2. The van der Waals surface area contributed by atoms with E-state index in [9.17, 15) is 0 Å². The molecule has 84 valence electrons. The molecule has 1 heterocycles. The van der Waals surface area contributed by atoms with Gasteiger partial charge in [-0.2, -0.15) is 0 Å². The summed E-state index contributed by atoms with van der Waals surface area (Å²) < 4.78 is 0. The maximum atomic E-state index is 5.57. The molecule has 0 bridgehead atoms. The summed E-state index contributed by atoms with van der Waals surface area (Å²) in [5.74, 6) is 0.563. The molecule has 0 radical (unpaired) electrons. The minimum Gasteiger partial charge on any atom is -0.385 e. The lowest BCUT2D eigenvalue weighted by Gasteiger charge is -2.10. The zero-order valence-electron chi connectivity index (χ0n) is 9.53. The SMILES string of the molecule is CN(C)CCCCNc1ccnc(N)c1. The Bertz CT molecular complexity index is 286. The fraction of sp³-hybridized carbons (Fsp3) is 0.545. The molecule has 3 N–H and O–H groups in total. The molecule has 0 aliphatic carbocycles. The normalized spacial score (nSPS) is 10.6. The van der Waals surface area contributed by atoms with Gasteiger partial charge in [0.1, 0.15) is 5.82 Å². The number of rotatable bonds is 6. The van der Waals surface area contributed by atoms with Gasteiger partial charge in [0.05, 0.1) is 0 Å². The lowest BCUT2D eigenvalue weighted by atomic mass is 10.3. The van der Waals surface area contributed by atoms with E-state index >= 15 is 0 Å². The summed E-state index contributed by atoms with van der Waals surface area (Å²) in [6.07, 6.45) is 4.10. The quantitative estimate of drug-likeness (QED) is 0.694. The highest BCUT2D eigenvalue weighted by Crippen LogP contribution is 2.08. The van der Waals surface area contributed by atoms with E-state index in [2.05, 4.69) is 29.3 Å². The number of hydrogen-bond donors (Lipinski definition) is 2. The molecule has 0 aliphatic rings. The van der Waals surface area contributed by atoms with Crippen molar-refractivity contribution in [2.24, 2.45) is 0 Å². The van der Waals surface area contributed by atoms with Crippen molar-refractivity contribution in [2.45, 2.75) is 12.8 Å². The molecule has 4 nitrogen and oxygen atoms in total. The smallest absolute Gasteiger partial charge is 0.125 e. The Kier molecular flexibility index (Phi) is 4.90. The van der Waals surface area contributed by atoms with E-state index in [1.807, 2.05) is 12.1 Å². The monoisotopic (exact) mass is 208 g/mol. The molecule has 0 unspecified atom stereocenters. The van der Waals surface area contributed by atoms with E-state index in [4.69, 9.17) is 5.73 Å². The maximum absolute atomic E-state index is 5.57. The third kappa shape index (κ3) is 5.22. The van der Waals surface area contributed by atoms with E-state index in [1.165, 1.54) is 12.8 Å². The molecule has 0 saturated carbocycles. The number of nitrogen functional groups attached to an aromatic ring is 1. The van der Waals surface area contributed by atoms with Crippen LogP contribution in [0.2, 0.25) is 0 Å². The fourth-order valence-electron chi connectivity index (χ4n) is 1.34. The second-order valence-electron chi connectivity index (χ2n) is 3.91. The van der Waals surface area contributed by atoms with Crippen LogP contribution in [0.1, 0.15) is 12.8 Å². The first-order chi connectivity index (χ1) is 7.18. The summed E-state index contributed by atoms with van der Waals surface area (Å²) >= 11 is 0.